The van der Waals surface area contributed by atoms with Crippen molar-refractivity contribution < 1.29 is 8.42 Å². The standard InChI is InChI=1S/C12H26N2O2S/c1-10(8-13)9-14(2)11-5-4-6-12(7-11)17(3,15)16/h10-12H,4-9,13H2,1-3H3. The summed E-state index contributed by atoms with van der Waals surface area (Å²) in [6.07, 6.45) is 5.11. The van der Waals surface area contributed by atoms with Crippen molar-refractivity contribution in [3.05, 3.63) is 0 Å². The molecular formula is C12H26N2O2S. The second-order valence-electron chi connectivity index (χ2n) is 5.55. The highest BCUT2D eigenvalue weighted by Crippen LogP contribution is 2.27. The largest absolute Gasteiger partial charge is 0.330 e. The van der Waals surface area contributed by atoms with Gasteiger partial charge in [0.05, 0.1) is 5.25 Å². The van der Waals surface area contributed by atoms with E-state index in [4.69, 9.17) is 5.73 Å². The van der Waals surface area contributed by atoms with Gasteiger partial charge in [0, 0.05) is 18.8 Å². The Labute approximate surface area is 105 Å². The second-order valence-corrected chi connectivity index (χ2v) is 7.88. The van der Waals surface area contributed by atoms with Gasteiger partial charge in [-0.15, -0.1) is 0 Å². The van der Waals surface area contributed by atoms with Crippen molar-refractivity contribution >= 4 is 9.84 Å². The Kier molecular flexibility index (Phi) is 5.41. The SMILES string of the molecule is CC(CN)CN(C)C1CCCC(S(C)(=O)=O)C1. The van der Waals surface area contributed by atoms with Crippen molar-refractivity contribution in [3.63, 3.8) is 0 Å². The van der Waals surface area contributed by atoms with Gasteiger partial charge in [0.1, 0.15) is 9.84 Å². The zero-order chi connectivity index (χ0) is 13.1. The Hall–Kier alpha value is -0.130. The van der Waals surface area contributed by atoms with Gasteiger partial charge in [-0.05, 0) is 38.8 Å². The third-order valence-electron chi connectivity index (χ3n) is 3.83. The molecule has 0 saturated heterocycles. The molecule has 2 N–H and O–H groups in total. The number of rotatable bonds is 5. The van der Waals surface area contributed by atoms with Crippen LogP contribution in [0, 0.1) is 5.92 Å². The third-order valence-corrected chi connectivity index (χ3v) is 5.47. The smallest absolute Gasteiger partial charge is 0.150 e. The van der Waals surface area contributed by atoms with Gasteiger partial charge < -0.3 is 10.6 Å². The van der Waals surface area contributed by atoms with Crippen LogP contribution >= 0.6 is 0 Å². The van der Waals surface area contributed by atoms with Crippen LogP contribution in [0.4, 0.5) is 0 Å². The van der Waals surface area contributed by atoms with Crippen molar-refractivity contribution in [3.8, 4) is 0 Å². The maximum Gasteiger partial charge on any atom is 0.150 e. The highest BCUT2D eigenvalue weighted by atomic mass is 32.2. The molecule has 1 rings (SSSR count). The molecule has 0 amide bonds. The van der Waals surface area contributed by atoms with E-state index in [1.54, 1.807) is 0 Å². The number of hydrogen-bond donors (Lipinski definition) is 1. The average molecular weight is 262 g/mol. The van der Waals surface area contributed by atoms with Gasteiger partial charge in [-0.1, -0.05) is 13.3 Å². The number of sulfone groups is 1. The third kappa shape index (κ3) is 4.56. The predicted octanol–water partition coefficient (Wildman–Crippen LogP) is 0.869. The molecule has 0 heterocycles. The Balaban J connectivity index is 2.54. The average Bonchev–Trinajstić information content (AvgIpc) is 2.28. The zero-order valence-corrected chi connectivity index (χ0v) is 12.0. The van der Waals surface area contributed by atoms with Crippen LogP contribution in [0.3, 0.4) is 0 Å². The van der Waals surface area contributed by atoms with Crippen molar-refractivity contribution in [1.29, 1.82) is 0 Å². The predicted molar refractivity (Wildman–Crippen MR) is 71.7 cm³/mol. The lowest BCUT2D eigenvalue weighted by Gasteiger charge is -2.35. The molecule has 3 unspecified atom stereocenters. The summed E-state index contributed by atoms with van der Waals surface area (Å²) >= 11 is 0. The number of nitrogens with zero attached hydrogens (tertiary/aromatic N) is 1. The van der Waals surface area contributed by atoms with Crippen LogP contribution in [-0.2, 0) is 9.84 Å². The lowest BCUT2D eigenvalue weighted by Crippen LogP contribution is -2.42. The molecule has 0 aromatic carbocycles. The Bertz CT molecular complexity index is 329. The van der Waals surface area contributed by atoms with E-state index in [2.05, 4.69) is 18.9 Å². The van der Waals surface area contributed by atoms with Gasteiger partial charge in [-0.3, -0.25) is 0 Å². The summed E-state index contributed by atoms with van der Waals surface area (Å²) in [5.74, 6) is 0.471. The minimum Gasteiger partial charge on any atom is -0.330 e. The van der Waals surface area contributed by atoms with Crippen LogP contribution in [0.25, 0.3) is 0 Å². The summed E-state index contributed by atoms with van der Waals surface area (Å²) in [4.78, 5) is 2.29. The van der Waals surface area contributed by atoms with Crippen LogP contribution in [0.1, 0.15) is 32.6 Å². The van der Waals surface area contributed by atoms with Crippen LogP contribution < -0.4 is 5.73 Å². The first-order valence-corrected chi connectivity index (χ1v) is 8.39. The number of nitrogens with two attached hydrogens (primary N) is 1. The molecule has 5 heteroatoms. The van der Waals surface area contributed by atoms with E-state index in [0.717, 1.165) is 32.2 Å². The van der Waals surface area contributed by atoms with Crippen molar-refractivity contribution in [2.75, 3.05) is 26.4 Å². The molecule has 0 radical (unpaired) electrons. The van der Waals surface area contributed by atoms with E-state index < -0.39 is 9.84 Å². The molecule has 1 fully saturated rings. The lowest BCUT2D eigenvalue weighted by molar-refractivity contribution is 0.173. The first-order chi connectivity index (χ1) is 7.84. The maximum absolute atomic E-state index is 11.6. The molecule has 17 heavy (non-hydrogen) atoms. The molecule has 1 saturated carbocycles. The van der Waals surface area contributed by atoms with Crippen molar-refractivity contribution in [1.82, 2.24) is 4.90 Å². The molecule has 3 atom stereocenters. The minimum atomic E-state index is -2.88. The summed E-state index contributed by atoms with van der Waals surface area (Å²) in [6.45, 7) is 3.78. The van der Waals surface area contributed by atoms with Crippen LogP contribution in [0.2, 0.25) is 0 Å². The molecular weight excluding hydrogens is 236 g/mol. The van der Waals surface area contributed by atoms with E-state index in [1.807, 2.05) is 0 Å². The summed E-state index contributed by atoms with van der Waals surface area (Å²) in [5.41, 5.74) is 5.62. The van der Waals surface area contributed by atoms with E-state index in [0.29, 0.717) is 18.5 Å². The summed E-state index contributed by atoms with van der Waals surface area (Å²) in [7, 11) is -0.793. The van der Waals surface area contributed by atoms with E-state index >= 15 is 0 Å². The molecule has 0 aliphatic heterocycles. The Morgan fingerprint density at radius 2 is 2.06 bits per heavy atom. The van der Waals surface area contributed by atoms with Crippen molar-refractivity contribution in [2.45, 2.75) is 43.9 Å². The van der Waals surface area contributed by atoms with Crippen LogP contribution in [0.5, 0.6) is 0 Å². The van der Waals surface area contributed by atoms with Gasteiger partial charge >= 0.3 is 0 Å². The lowest BCUT2D eigenvalue weighted by atomic mass is 9.93. The molecule has 0 spiro atoms. The van der Waals surface area contributed by atoms with Crippen molar-refractivity contribution in [2.24, 2.45) is 11.7 Å². The zero-order valence-electron chi connectivity index (χ0n) is 11.2. The van der Waals surface area contributed by atoms with E-state index in [-0.39, 0.29) is 5.25 Å². The Morgan fingerprint density at radius 3 is 2.59 bits per heavy atom. The molecule has 102 valence electrons. The summed E-state index contributed by atoms with van der Waals surface area (Å²) in [6, 6.07) is 0.400. The molecule has 4 nitrogen and oxygen atoms in total. The van der Waals surface area contributed by atoms with Gasteiger partial charge in [-0.25, -0.2) is 8.42 Å². The number of hydrogen-bond acceptors (Lipinski definition) is 4. The molecule has 1 aliphatic carbocycles. The molecule has 0 aromatic heterocycles. The molecule has 0 aromatic rings. The maximum atomic E-state index is 11.6. The van der Waals surface area contributed by atoms with E-state index in [1.165, 1.54) is 6.26 Å². The van der Waals surface area contributed by atoms with E-state index in [9.17, 15) is 8.42 Å². The first kappa shape index (κ1) is 14.9. The Morgan fingerprint density at radius 1 is 1.41 bits per heavy atom. The molecule has 0 bridgehead atoms. The van der Waals surface area contributed by atoms with Gasteiger partial charge in [0.25, 0.3) is 0 Å². The van der Waals surface area contributed by atoms with Crippen LogP contribution in [-0.4, -0.2) is 51.0 Å². The second kappa shape index (κ2) is 6.16. The minimum absolute atomic E-state index is 0.142. The summed E-state index contributed by atoms with van der Waals surface area (Å²) in [5, 5.41) is -0.142. The van der Waals surface area contributed by atoms with Gasteiger partial charge in [0.15, 0.2) is 0 Å². The first-order valence-electron chi connectivity index (χ1n) is 6.43. The fourth-order valence-electron chi connectivity index (χ4n) is 2.62. The topological polar surface area (TPSA) is 63.4 Å². The fourth-order valence-corrected chi connectivity index (χ4v) is 3.79. The quantitative estimate of drug-likeness (QED) is 0.798. The fraction of sp³-hybridized carbons (Fsp3) is 1.00. The monoisotopic (exact) mass is 262 g/mol. The van der Waals surface area contributed by atoms with Gasteiger partial charge in [0.2, 0.25) is 0 Å². The highest BCUT2D eigenvalue weighted by Gasteiger charge is 2.30. The highest BCUT2D eigenvalue weighted by molar-refractivity contribution is 7.91. The van der Waals surface area contributed by atoms with Gasteiger partial charge in [-0.2, -0.15) is 0 Å². The summed E-state index contributed by atoms with van der Waals surface area (Å²) < 4.78 is 23.2. The van der Waals surface area contributed by atoms with Crippen LogP contribution in [0.15, 0.2) is 0 Å². The molecule has 1 aliphatic rings. The normalized spacial score (nSPS) is 28.3.